The van der Waals surface area contributed by atoms with E-state index >= 15 is 0 Å². The maximum absolute atomic E-state index is 13.0. The van der Waals surface area contributed by atoms with Gasteiger partial charge < -0.3 is 19.3 Å². The van der Waals surface area contributed by atoms with E-state index in [0.29, 0.717) is 25.2 Å². The number of benzene rings is 1. The Morgan fingerprint density at radius 2 is 2.06 bits per heavy atom. The van der Waals surface area contributed by atoms with Crippen molar-refractivity contribution < 1.29 is 19.1 Å². The van der Waals surface area contributed by atoms with Crippen molar-refractivity contribution in [2.45, 2.75) is 38.1 Å². The van der Waals surface area contributed by atoms with Gasteiger partial charge in [0.15, 0.2) is 6.61 Å². The summed E-state index contributed by atoms with van der Waals surface area (Å²) in [7, 11) is 3.46. The molecule has 7 nitrogen and oxygen atoms in total. The zero-order valence-corrected chi connectivity index (χ0v) is 19.6. The number of likely N-dealkylation sites (tertiary alicyclic amines) is 1. The Bertz CT molecular complexity index is 976. The molecule has 0 bridgehead atoms. The third-order valence-corrected chi connectivity index (χ3v) is 6.82. The molecule has 0 spiro atoms. The van der Waals surface area contributed by atoms with Gasteiger partial charge in [0.2, 0.25) is 0 Å². The van der Waals surface area contributed by atoms with E-state index in [1.807, 2.05) is 43.6 Å². The number of hydrogen-bond donors (Lipinski definition) is 0. The van der Waals surface area contributed by atoms with Gasteiger partial charge in [-0.15, -0.1) is 17.8 Å². The smallest absolute Gasteiger partial charge is 0.410 e. The summed E-state index contributed by atoms with van der Waals surface area (Å²) < 4.78 is 10.4. The van der Waals surface area contributed by atoms with Crippen LogP contribution in [-0.4, -0.2) is 66.7 Å². The van der Waals surface area contributed by atoms with Crippen molar-refractivity contribution >= 4 is 23.3 Å². The maximum Gasteiger partial charge on any atom is 0.410 e. The van der Waals surface area contributed by atoms with Gasteiger partial charge in [0.05, 0.1) is 12.1 Å². The topological polar surface area (TPSA) is 72.0 Å². The lowest BCUT2D eigenvalue weighted by Gasteiger charge is -2.30. The number of hydrogen-bond acceptors (Lipinski definition) is 6. The number of aromatic nitrogens is 1. The first-order chi connectivity index (χ1) is 15.4. The number of amides is 2. The molecule has 2 heterocycles. The van der Waals surface area contributed by atoms with Crippen LogP contribution in [0, 0.1) is 12.3 Å². The average Bonchev–Trinajstić information content (AvgIpc) is 3.32. The lowest BCUT2D eigenvalue weighted by molar-refractivity contribution is 0.0737. The lowest BCUT2D eigenvalue weighted by atomic mass is 9.98. The number of likely N-dealkylation sites (N-methyl/N-ethyl adjacent to an activating group) is 1. The van der Waals surface area contributed by atoms with Gasteiger partial charge in [-0.25, -0.2) is 9.78 Å². The number of carbonyl (C=O) groups is 2. The molecule has 32 heavy (non-hydrogen) atoms. The average molecular weight is 456 g/mol. The Morgan fingerprint density at radius 1 is 1.34 bits per heavy atom. The molecule has 1 unspecified atom stereocenters. The van der Waals surface area contributed by atoms with E-state index in [1.165, 1.54) is 11.3 Å². The summed E-state index contributed by atoms with van der Waals surface area (Å²) in [4.78, 5) is 33.0. The molecule has 0 saturated carbocycles. The number of nitrogens with zero attached hydrogens (tertiary/aromatic N) is 3. The Kier molecular flexibility index (Phi) is 8.12. The molecule has 1 aromatic heterocycles. The summed E-state index contributed by atoms with van der Waals surface area (Å²) in [6.45, 7) is 3.19. The van der Waals surface area contributed by atoms with Crippen LogP contribution in [0.4, 0.5) is 4.79 Å². The van der Waals surface area contributed by atoms with Crippen molar-refractivity contribution in [3.63, 3.8) is 0 Å². The molecule has 1 aliphatic heterocycles. The van der Waals surface area contributed by atoms with Crippen LogP contribution in [-0.2, 0) is 11.2 Å². The van der Waals surface area contributed by atoms with Crippen LogP contribution in [0.2, 0.25) is 0 Å². The van der Waals surface area contributed by atoms with E-state index in [9.17, 15) is 9.59 Å². The summed E-state index contributed by atoms with van der Waals surface area (Å²) in [5, 5.41) is 2.77. The molecular weight excluding hydrogens is 426 g/mol. The summed E-state index contributed by atoms with van der Waals surface area (Å²) in [6.07, 6.45) is 7.02. The quantitative estimate of drug-likeness (QED) is 0.594. The predicted molar refractivity (Wildman–Crippen MR) is 124 cm³/mol. The van der Waals surface area contributed by atoms with Gasteiger partial charge in [-0.05, 0) is 37.8 Å². The van der Waals surface area contributed by atoms with Crippen molar-refractivity contribution in [3.8, 4) is 18.1 Å². The third kappa shape index (κ3) is 5.60. The molecular formula is C24H29N3O4S. The maximum atomic E-state index is 13.0. The van der Waals surface area contributed by atoms with Crippen molar-refractivity contribution in [3.05, 3.63) is 45.9 Å². The fourth-order valence-corrected chi connectivity index (χ4v) is 4.75. The zero-order valence-electron chi connectivity index (χ0n) is 18.7. The fourth-order valence-electron chi connectivity index (χ4n) is 3.78. The SMILES string of the molecule is C#CCOC(=O)N1CCC(c2nc(C(=O)N(C)C(C)Cc3ccccc3OC)cs2)CC1. The Labute approximate surface area is 193 Å². The number of carbonyl (C=O) groups excluding carboxylic acids is 2. The standard InChI is InChI=1S/C24H29N3O4S/c1-5-14-31-24(29)27-12-10-18(11-13-27)22-25-20(16-32-22)23(28)26(3)17(2)15-19-8-6-7-9-21(19)30-4/h1,6-9,16-18H,10-15H2,2-4H3. The van der Waals surface area contributed by atoms with Crippen LogP contribution >= 0.6 is 11.3 Å². The van der Waals surface area contributed by atoms with Crippen molar-refractivity contribution in [2.24, 2.45) is 0 Å². The van der Waals surface area contributed by atoms with E-state index in [0.717, 1.165) is 29.2 Å². The number of methoxy groups -OCH3 is 1. The molecule has 3 rings (SSSR count). The fraction of sp³-hybridized carbons (Fsp3) is 0.458. The Hall–Kier alpha value is -3.05. The summed E-state index contributed by atoms with van der Waals surface area (Å²) >= 11 is 1.51. The number of piperidine rings is 1. The van der Waals surface area contributed by atoms with Crippen LogP contribution < -0.4 is 4.74 Å². The monoisotopic (exact) mass is 455 g/mol. The molecule has 1 saturated heterocycles. The van der Waals surface area contributed by atoms with E-state index in [-0.39, 0.29) is 30.6 Å². The largest absolute Gasteiger partial charge is 0.496 e. The summed E-state index contributed by atoms with van der Waals surface area (Å²) in [6, 6.07) is 7.84. The molecule has 2 amide bonds. The van der Waals surface area contributed by atoms with Crippen LogP contribution in [0.25, 0.3) is 0 Å². The zero-order chi connectivity index (χ0) is 23.1. The molecule has 170 valence electrons. The summed E-state index contributed by atoms with van der Waals surface area (Å²) in [5.41, 5.74) is 1.53. The highest BCUT2D eigenvalue weighted by atomic mass is 32.1. The van der Waals surface area contributed by atoms with Crippen LogP contribution in [0.15, 0.2) is 29.6 Å². The molecule has 1 fully saturated rings. The molecule has 1 aliphatic rings. The van der Waals surface area contributed by atoms with Crippen LogP contribution in [0.1, 0.15) is 46.7 Å². The van der Waals surface area contributed by atoms with Gasteiger partial charge in [0.25, 0.3) is 5.91 Å². The first-order valence-electron chi connectivity index (χ1n) is 10.6. The first kappa shape index (κ1) is 23.6. The van der Waals surface area contributed by atoms with Gasteiger partial charge in [0.1, 0.15) is 11.4 Å². The van der Waals surface area contributed by atoms with Gasteiger partial charge in [0, 0.05) is 37.5 Å². The van der Waals surface area contributed by atoms with E-state index in [2.05, 4.69) is 10.9 Å². The summed E-state index contributed by atoms with van der Waals surface area (Å²) in [5.74, 6) is 3.26. The van der Waals surface area contributed by atoms with Crippen LogP contribution in [0.5, 0.6) is 5.75 Å². The third-order valence-electron chi connectivity index (χ3n) is 5.81. The minimum atomic E-state index is -0.373. The normalized spacial score (nSPS) is 15.0. The highest BCUT2D eigenvalue weighted by Gasteiger charge is 2.28. The lowest BCUT2D eigenvalue weighted by Crippen LogP contribution is -2.38. The highest BCUT2D eigenvalue weighted by molar-refractivity contribution is 7.09. The van der Waals surface area contributed by atoms with Crippen molar-refractivity contribution in [1.29, 1.82) is 0 Å². The van der Waals surface area contributed by atoms with Crippen LogP contribution in [0.3, 0.4) is 0 Å². The Morgan fingerprint density at radius 3 is 2.75 bits per heavy atom. The first-order valence-corrected chi connectivity index (χ1v) is 11.5. The molecule has 2 aromatic rings. The molecule has 0 aliphatic carbocycles. The Balaban J connectivity index is 1.57. The second-order valence-corrected chi connectivity index (χ2v) is 8.76. The van der Waals surface area contributed by atoms with Gasteiger partial charge in [-0.3, -0.25) is 4.79 Å². The minimum Gasteiger partial charge on any atom is -0.496 e. The predicted octanol–water partition coefficient (Wildman–Crippen LogP) is 3.80. The number of thiazole rings is 1. The van der Waals surface area contributed by atoms with Gasteiger partial charge in [-0.2, -0.15) is 0 Å². The number of para-hydroxylation sites is 1. The van der Waals surface area contributed by atoms with E-state index in [1.54, 1.807) is 16.9 Å². The number of rotatable bonds is 7. The number of terminal acetylenes is 1. The highest BCUT2D eigenvalue weighted by Crippen LogP contribution is 2.31. The molecule has 8 heteroatoms. The van der Waals surface area contributed by atoms with Crippen molar-refractivity contribution in [2.75, 3.05) is 33.9 Å². The van der Waals surface area contributed by atoms with Crippen molar-refractivity contribution in [1.82, 2.24) is 14.8 Å². The molecule has 1 aromatic carbocycles. The molecule has 0 N–H and O–H groups in total. The molecule has 1 atom stereocenters. The number of ether oxygens (including phenoxy) is 2. The minimum absolute atomic E-state index is 0.0128. The van der Waals surface area contributed by atoms with Gasteiger partial charge >= 0.3 is 6.09 Å². The second kappa shape index (κ2) is 11.0. The van der Waals surface area contributed by atoms with E-state index < -0.39 is 0 Å². The molecule has 0 radical (unpaired) electrons. The second-order valence-electron chi connectivity index (χ2n) is 7.87. The van der Waals surface area contributed by atoms with E-state index in [4.69, 9.17) is 15.9 Å². The van der Waals surface area contributed by atoms with Gasteiger partial charge in [-0.1, -0.05) is 24.1 Å².